The van der Waals surface area contributed by atoms with Crippen LogP contribution in [0, 0.1) is 0 Å². The lowest BCUT2D eigenvalue weighted by molar-refractivity contribution is -0.116. The van der Waals surface area contributed by atoms with E-state index in [1.807, 2.05) is 29.6 Å². The minimum atomic E-state index is -0.135. The Hall–Kier alpha value is -2.82. The molecule has 2 atom stereocenters. The number of carbonyl (C=O) groups is 1. The van der Waals surface area contributed by atoms with E-state index in [2.05, 4.69) is 39.2 Å². The van der Waals surface area contributed by atoms with Crippen LogP contribution in [-0.4, -0.2) is 58.3 Å². The number of ether oxygens (including phenoxy) is 2. The number of benzene rings is 1. The lowest BCUT2D eigenvalue weighted by Crippen LogP contribution is -2.44. The molecule has 0 saturated carbocycles. The van der Waals surface area contributed by atoms with Crippen molar-refractivity contribution >= 4 is 22.4 Å². The van der Waals surface area contributed by atoms with Crippen LogP contribution in [0.4, 0.5) is 5.13 Å². The Morgan fingerprint density at radius 2 is 1.97 bits per heavy atom. The highest BCUT2D eigenvalue weighted by Gasteiger charge is 2.23. The number of aromatic nitrogens is 3. The quantitative estimate of drug-likeness (QED) is 0.549. The number of thiazole rings is 1. The van der Waals surface area contributed by atoms with Crippen molar-refractivity contribution < 1.29 is 18.8 Å². The molecule has 0 unspecified atom stereocenters. The molecule has 1 amide bonds. The molecular formula is C22H27N5O4S. The van der Waals surface area contributed by atoms with Gasteiger partial charge < -0.3 is 19.3 Å². The minimum absolute atomic E-state index is 0.135. The first-order valence-corrected chi connectivity index (χ1v) is 11.5. The molecule has 0 radical (unpaired) electrons. The molecule has 3 aromatic rings. The molecule has 9 nitrogen and oxygen atoms in total. The third-order valence-electron chi connectivity index (χ3n) is 5.06. The van der Waals surface area contributed by atoms with Crippen molar-refractivity contribution in [2.24, 2.45) is 0 Å². The molecule has 0 bridgehead atoms. The fourth-order valence-electron chi connectivity index (χ4n) is 3.70. The summed E-state index contributed by atoms with van der Waals surface area (Å²) in [5.74, 6) is 1.53. The van der Waals surface area contributed by atoms with Crippen LogP contribution in [-0.2, 0) is 22.5 Å². The van der Waals surface area contributed by atoms with Crippen molar-refractivity contribution in [3.05, 3.63) is 41.2 Å². The molecule has 1 aliphatic heterocycles. The predicted octanol–water partition coefficient (Wildman–Crippen LogP) is 3.38. The second kappa shape index (κ2) is 10.2. The fourth-order valence-corrected chi connectivity index (χ4v) is 4.41. The number of morpholine rings is 1. The fraction of sp³-hybridized carbons (Fsp3) is 0.455. The monoisotopic (exact) mass is 457 g/mol. The number of nitrogens with one attached hydrogen (secondary N) is 1. The van der Waals surface area contributed by atoms with Gasteiger partial charge in [0.15, 0.2) is 5.13 Å². The highest BCUT2D eigenvalue weighted by atomic mass is 32.1. The van der Waals surface area contributed by atoms with Crippen molar-refractivity contribution in [1.82, 2.24) is 20.0 Å². The predicted molar refractivity (Wildman–Crippen MR) is 121 cm³/mol. The number of methoxy groups -OCH3 is 1. The third kappa shape index (κ3) is 5.90. The second-order valence-corrected chi connectivity index (χ2v) is 8.74. The summed E-state index contributed by atoms with van der Waals surface area (Å²) in [7, 11) is 1.62. The van der Waals surface area contributed by atoms with E-state index in [-0.39, 0.29) is 24.5 Å². The zero-order chi connectivity index (χ0) is 22.5. The number of anilines is 1. The summed E-state index contributed by atoms with van der Waals surface area (Å²) in [6.07, 6.45) is 1.02. The molecule has 0 aliphatic carbocycles. The van der Waals surface area contributed by atoms with E-state index in [0.29, 0.717) is 23.3 Å². The normalized spacial score (nSPS) is 19.1. The molecule has 2 aromatic heterocycles. The first kappa shape index (κ1) is 22.4. The Morgan fingerprint density at radius 3 is 2.69 bits per heavy atom. The van der Waals surface area contributed by atoms with E-state index in [1.165, 1.54) is 11.3 Å². The van der Waals surface area contributed by atoms with Crippen LogP contribution in [0.25, 0.3) is 11.4 Å². The molecule has 3 heterocycles. The molecule has 1 N–H and O–H groups in total. The SMILES string of the molecule is COc1ccc(-c2noc(CCC(=O)Nc3nc(CN4C[C@@H](C)O[C@@H](C)C4)cs3)n2)cc1. The summed E-state index contributed by atoms with van der Waals surface area (Å²) >= 11 is 1.43. The van der Waals surface area contributed by atoms with E-state index in [0.717, 1.165) is 36.6 Å². The average Bonchev–Trinajstić information content (AvgIpc) is 3.41. The van der Waals surface area contributed by atoms with E-state index in [4.69, 9.17) is 14.0 Å². The molecule has 1 aliphatic rings. The van der Waals surface area contributed by atoms with Crippen LogP contribution in [0.5, 0.6) is 5.75 Å². The molecule has 4 rings (SSSR count). The van der Waals surface area contributed by atoms with E-state index < -0.39 is 0 Å². The van der Waals surface area contributed by atoms with Gasteiger partial charge in [-0.25, -0.2) is 4.98 Å². The Balaban J connectivity index is 1.25. The maximum Gasteiger partial charge on any atom is 0.227 e. The zero-order valence-electron chi connectivity index (χ0n) is 18.4. The smallest absolute Gasteiger partial charge is 0.227 e. The van der Waals surface area contributed by atoms with Crippen LogP contribution in [0.1, 0.15) is 31.9 Å². The molecule has 1 fully saturated rings. The van der Waals surface area contributed by atoms with Gasteiger partial charge in [-0.2, -0.15) is 4.98 Å². The average molecular weight is 458 g/mol. The van der Waals surface area contributed by atoms with Crippen molar-refractivity contribution in [2.75, 3.05) is 25.5 Å². The molecule has 1 saturated heterocycles. The van der Waals surface area contributed by atoms with Gasteiger partial charge in [-0.05, 0) is 38.1 Å². The van der Waals surface area contributed by atoms with Crippen molar-refractivity contribution in [2.45, 2.75) is 45.4 Å². The van der Waals surface area contributed by atoms with Crippen molar-refractivity contribution in [3.8, 4) is 17.1 Å². The summed E-state index contributed by atoms with van der Waals surface area (Å²) in [5, 5.41) is 9.44. The molecule has 1 aromatic carbocycles. The number of hydrogen-bond acceptors (Lipinski definition) is 9. The maximum absolute atomic E-state index is 12.3. The highest BCUT2D eigenvalue weighted by molar-refractivity contribution is 7.13. The van der Waals surface area contributed by atoms with Gasteiger partial charge in [0.25, 0.3) is 0 Å². The number of amides is 1. The highest BCUT2D eigenvalue weighted by Crippen LogP contribution is 2.21. The summed E-state index contributed by atoms with van der Waals surface area (Å²) in [6, 6.07) is 7.39. The molecule has 170 valence electrons. The van der Waals surface area contributed by atoms with Gasteiger partial charge in [-0.15, -0.1) is 11.3 Å². The van der Waals surface area contributed by atoms with Crippen LogP contribution in [0.2, 0.25) is 0 Å². The second-order valence-electron chi connectivity index (χ2n) is 7.88. The van der Waals surface area contributed by atoms with Gasteiger partial charge >= 0.3 is 0 Å². The summed E-state index contributed by atoms with van der Waals surface area (Å²) in [5.41, 5.74) is 1.78. The van der Waals surface area contributed by atoms with Gasteiger partial charge in [0.2, 0.25) is 17.6 Å². The zero-order valence-corrected chi connectivity index (χ0v) is 19.2. The molecular weight excluding hydrogens is 430 g/mol. The first-order chi connectivity index (χ1) is 15.5. The van der Waals surface area contributed by atoms with Crippen LogP contribution in [0.15, 0.2) is 34.2 Å². The van der Waals surface area contributed by atoms with Gasteiger partial charge in [0.05, 0.1) is 25.0 Å². The number of hydrogen-bond donors (Lipinski definition) is 1. The molecule has 32 heavy (non-hydrogen) atoms. The Labute approximate surface area is 190 Å². The Morgan fingerprint density at radius 1 is 1.22 bits per heavy atom. The van der Waals surface area contributed by atoms with Gasteiger partial charge in [0.1, 0.15) is 5.75 Å². The largest absolute Gasteiger partial charge is 0.497 e. The van der Waals surface area contributed by atoms with Crippen LogP contribution in [0.3, 0.4) is 0 Å². The molecule has 0 spiro atoms. The van der Waals surface area contributed by atoms with Crippen LogP contribution >= 0.6 is 11.3 Å². The number of carbonyl (C=O) groups excluding carboxylic acids is 1. The maximum atomic E-state index is 12.3. The number of rotatable bonds is 8. The van der Waals surface area contributed by atoms with Gasteiger partial charge in [-0.3, -0.25) is 9.69 Å². The summed E-state index contributed by atoms with van der Waals surface area (Å²) < 4.78 is 16.2. The standard InChI is InChI=1S/C22H27N5O4S/c1-14-10-27(11-15(2)30-14)12-17-13-32-22(23-17)24-19(28)8-9-20-25-21(26-31-20)16-4-6-18(29-3)7-5-16/h4-7,13-15H,8-12H2,1-3H3,(H,23,24,28)/t14-,15+. The van der Waals surface area contributed by atoms with E-state index >= 15 is 0 Å². The topological polar surface area (TPSA) is 103 Å². The third-order valence-corrected chi connectivity index (χ3v) is 5.87. The van der Waals surface area contributed by atoms with E-state index in [9.17, 15) is 4.79 Å². The minimum Gasteiger partial charge on any atom is -0.497 e. The van der Waals surface area contributed by atoms with Crippen molar-refractivity contribution in [3.63, 3.8) is 0 Å². The number of aryl methyl sites for hydroxylation is 1. The first-order valence-electron chi connectivity index (χ1n) is 10.6. The summed E-state index contributed by atoms with van der Waals surface area (Å²) in [4.78, 5) is 23.6. The van der Waals surface area contributed by atoms with Crippen LogP contribution < -0.4 is 10.1 Å². The van der Waals surface area contributed by atoms with Gasteiger partial charge in [0, 0.05) is 43.4 Å². The Bertz CT molecular complexity index is 1030. The van der Waals surface area contributed by atoms with Crippen molar-refractivity contribution in [1.29, 1.82) is 0 Å². The number of nitrogens with zero attached hydrogens (tertiary/aromatic N) is 4. The van der Waals surface area contributed by atoms with Gasteiger partial charge in [-0.1, -0.05) is 5.16 Å². The summed E-state index contributed by atoms with van der Waals surface area (Å²) in [6.45, 7) is 6.68. The van der Waals surface area contributed by atoms with E-state index in [1.54, 1.807) is 7.11 Å². The lowest BCUT2D eigenvalue weighted by atomic mass is 10.2. The lowest BCUT2D eigenvalue weighted by Gasteiger charge is -2.34. The Kier molecular flexibility index (Phi) is 7.13. The molecule has 10 heteroatoms.